The zero-order valence-electron chi connectivity index (χ0n) is 7.72. The van der Waals surface area contributed by atoms with Gasteiger partial charge in [-0.3, -0.25) is 0 Å². The summed E-state index contributed by atoms with van der Waals surface area (Å²) >= 11 is 0. The van der Waals surface area contributed by atoms with Gasteiger partial charge in [0.2, 0.25) is 0 Å². The summed E-state index contributed by atoms with van der Waals surface area (Å²) in [6.45, 7) is 0.982. The second-order valence-electron chi connectivity index (χ2n) is 4.42. The fraction of sp³-hybridized carbons (Fsp3) is 1.00. The number of rotatable bonds is 3. The van der Waals surface area contributed by atoms with Gasteiger partial charge in [0, 0.05) is 5.54 Å². The molecule has 70 valence electrons. The van der Waals surface area contributed by atoms with Gasteiger partial charge in [0.15, 0.2) is 0 Å². The third kappa shape index (κ3) is 2.20. The summed E-state index contributed by atoms with van der Waals surface area (Å²) in [7, 11) is 0. The maximum atomic E-state index is 6.28. The zero-order valence-corrected chi connectivity index (χ0v) is 7.72. The predicted octanol–water partition coefficient (Wildman–Crippen LogP) is 1.83. The quantitative estimate of drug-likeness (QED) is 0.654. The van der Waals surface area contributed by atoms with Crippen molar-refractivity contribution >= 4 is 0 Å². The van der Waals surface area contributed by atoms with Crippen LogP contribution in [0.15, 0.2) is 0 Å². The Morgan fingerprint density at radius 3 is 2.50 bits per heavy atom. The first kappa shape index (κ1) is 8.52. The lowest BCUT2D eigenvalue weighted by Crippen LogP contribution is -2.41. The van der Waals surface area contributed by atoms with E-state index in [1.165, 1.54) is 44.9 Å². The van der Waals surface area contributed by atoms with Gasteiger partial charge in [-0.05, 0) is 25.7 Å². The molecule has 0 spiro atoms. The van der Waals surface area contributed by atoms with Crippen LogP contribution in [-0.2, 0) is 4.74 Å². The molecule has 1 heterocycles. The van der Waals surface area contributed by atoms with Gasteiger partial charge in [0.1, 0.15) is 0 Å². The van der Waals surface area contributed by atoms with E-state index >= 15 is 0 Å². The van der Waals surface area contributed by atoms with Gasteiger partial charge in [0.05, 0.1) is 12.7 Å². The van der Waals surface area contributed by atoms with Crippen LogP contribution in [-0.4, -0.2) is 18.2 Å². The highest BCUT2D eigenvalue weighted by Crippen LogP contribution is 2.31. The topological polar surface area (TPSA) is 38.5 Å². The largest absolute Gasteiger partial charge is 0.373 e. The normalized spacial score (nSPS) is 33.2. The maximum absolute atomic E-state index is 6.28. The first-order valence-corrected chi connectivity index (χ1v) is 5.19. The Kier molecular flexibility index (Phi) is 2.37. The smallest absolute Gasteiger partial charge is 0.0810 e. The lowest BCUT2D eigenvalue weighted by atomic mass is 9.79. The summed E-state index contributed by atoms with van der Waals surface area (Å²) < 4.78 is 5.19. The molecule has 1 saturated carbocycles. The summed E-state index contributed by atoms with van der Waals surface area (Å²) in [6.07, 6.45) is 9.46. The Morgan fingerprint density at radius 2 is 1.92 bits per heavy atom. The third-order valence-electron chi connectivity index (χ3n) is 3.22. The van der Waals surface area contributed by atoms with E-state index in [4.69, 9.17) is 10.5 Å². The Hall–Kier alpha value is -0.0800. The lowest BCUT2D eigenvalue weighted by Gasteiger charge is -2.33. The molecule has 2 N–H and O–H groups in total. The average Bonchev–Trinajstić information content (AvgIpc) is 2.85. The van der Waals surface area contributed by atoms with Gasteiger partial charge in [-0.25, -0.2) is 0 Å². The van der Waals surface area contributed by atoms with Crippen LogP contribution in [0.25, 0.3) is 0 Å². The van der Waals surface area contributed by atoms with Crippen LogP contribution in [0.2, 0.25) is 0 Å². The van der Waals surface area contributed by atoms with Crippen molar-refractivity contribution in [1.82, 2.24) is 0 Å². The summed E-state index contributed by atoms with van der Waals surface area (Å²) in [5.74, 6) is 0. The highest BCUT2D eigenvalue weighted by Gasteiger charge is 2.31. The van der Waals surface area contributed by atoms with Gasteiger partial charge in [-0.15, -0.1) is 0 Å². The van der Waals surface area contributed by atoms with Crippen molar-refractivity contribution < 1.29 is 4.74 Å². The molecule has 0 radical (unpaired) electrons. The van der Waals surface area contributed by atoms with E-state index in [9.17, 15) is 0 Å². The van der Waals surface area contributed by atoms with Gasteiger partial charge in [-0.1, -0.05) is 19.3 Å². The second kappa shape index (κ2) is 3.35. The monoisotopic (exact) mass is 169 g/mol. The average molecular weight is 169 g/mol. The number of nitrogens with two attached hydrogens (primary N) is 1. The molecule has 1 aliphatic carbocycles. The Balaban J connectivity index is 1.73. The minimum atomic E-state index is 0.171. The Labute approximate surface area is 74.5 Å². The fourth-order valence-electron chi connectivity index (χ4n) is 2.19. The van der Waals surface area contributed by atoms with E-state index in [-0.39, 0.29) is 5.54 Å². The van der Waals surface area contributed by atoms with Crippen LogP contribution in [0.4, 0.5) is 0 Å². The molecule has 1 atom stereocenters. The van der Waals surface area contributed by atoms with E-state index < -0.39 is 0 Å². The van der Waals surface area contributed by atoms with Crippen molar-refractivity contribution in [2.75, 3.05) is 6.61 Å². The van der Waals surface area contributed by atoms with E-state index in [1.54, 1.807) is 0 Å². The van der Waals surface area contributed by atoms with E-state index in [0.29, 0.717) is 6.10 Å². The molecule has 1 saturated heterocycles. The van der Waals surface area contributed by atoms with Crippen molar-refractivity contribution in [3.8, 4) is 0 Å². The molecule has 2 fully saturated rings. The standard InChI is InChI=1S/C10H19NO/c11-10(5-2-1-3-6-10)7-4-9-8-12-9/h9H,1-8,11H2. The minimum Gasteiger partial charge on any atom is -0.373 e. The number of hydrogen-bond donors (Lipinski definition) is 1. The summed E-state index contributed by atoms with van der Waals surface area (Å²) in [5, 5.41) is 0. The van der Waals surface area contributed by atoms with Crippen molar-refractivity contribution in [1.29, 1.82) is 0 Å². The lowest BCUT2D eigenvalue weighted by molar-refractivity contribution is 0.259. The van der Waals surface area contributed by atoms with Crippen molar-refractivity contribution in [3.05, 3.63) is 0 Å². The minimum absolute atomic E-state index is 0.171. The van der Waals surface area contributed by atoms with Crippen molar-refractivity contribution in [3.63, 3.8) is 0 Å². The summed E-state index contributed by atoms with van der Waals surface area (Å²) in [6, 6.07) is 0. The van der Waals surface area contributed by atoms with Crippen LogP contribution in [0.5, 0.6) is 0 Å². The maximum Gasteiger partial charge on any atom is 0.0810 e. The summed E-state index contributed by atoms with van der Waals surface area (Å²) in [4.78, 5) is 0. The number of hydrogen-bond acceptors (Lipinski definition) is 2. The molecule has 0 aromatic heterocycles. The van der Waals surface area contributed by atoms with Gasteiger partial charge >= 0.3 is 0 Å². The van der Waals surface area contributed by atoms with Crippen LogP contribution >= 0.6 is 0 Å². The zero-order chi connectivity index (χ0) is 8.44. The highest BCUT2D eigenvalue weighted by molar-refractivity contribution is 4.88. The molecular weight excluding hydrogens is 150 g/mol. The van der Waals surface area contributed by atoms with E-state index in [0.717, 1.165) is 6.61 Å². The Morgan fingerprint density at radius 1 is 1.25 bits per heavy atom. The SMILES string of the molecule is NC1(CCC2CO2)CCCCC1. The summed E-state index contributed by atoms with van der Waals surface area (Å²) in [5.41, 5.74) is 6.45. The molecular formula is C10H19NO. The molecule has 1 aliphatic heterocycles. The molecule has 0 aromatic carbocycles. The van der Waals surface area contributed by atoms with Crippen LogP contribution in [0, 0.1) is 0 Å². The first-order chi connectivity index (χ1) is 5.79. The van der Waals surface area contributed by atoms with Gasteiger partial charge < -0.3 is 10.5 Å². The van der Waals surface area contributed by atoms with E-state index in [1.807, 2.05) is 0 Å². The predicted molar refractivity (Wildman–Crippen MR) is 49.0 cm³/mol. The molecule has 12 heavy (non-hydrogen) atoms. The highest BCUT2D eigenvalue weighted by atomic mass is 16.6. The molecule has 2 rings (SSSR count). The molecule has 0 aromatic rings. The number of epoxide rings is 1. The first-order valence-electron chi connectivity index (χ1n) is 5.19. The molecule has 1 unspecified atom stereocenters. The molecule has 2 heteroatoms. The van der Waals surface area contributed by atoms with Gasteiger partial charge in [0.25, 0.3) is 0 Å². The molecule has 0 bridgehead atoms. The molecule has 0 amide bonds. The van der Waals surface area contributed by atoms with Crippen LogP contribution < -0.4 is 5.73 Å². The van der Waals surface area contributed by atoms with Crippen LogP contribution in [0.3, 0.4) is 0 Å². The second-order valence-corrected chi connectivity index (χ2v) is 4.42. The van der Waals surface area contributed by atoms with E-state index in [2.05, 4.69) is 0 Å². The van der Waals surface area contributed by atoms with Crippen molar-refractivity contribution in [2.24, 2.45) is 5.73 Å². The molecule has 2 nitrogen and oxygen atoms in total. The number of ether oxygens (including phenoxy) is 1. The van der Waals surface area contributed by atoms with Crippen molar-refractivity contribution in [2.45, 2.75) is 56.6 Å². The Bertz CT molecular complexity index is 148. The van der Waals surface area contributed by atoms with Gasteiger partial charge in [-0.2, -0.15) is 0 Å². The molecule has 2 aliphatic rings. The van der Waals surface area contributed by atoms with Crippen LogP contribution in [0.1, 0.15) is 44.9 Å². The fourth-order valence-corrected chi connectivity index (χ4v) is 2.19. The third-order valence-corrected chi connectivity index (χ3v) is 3.22.